The summed E-state index contributed by atoms with van der Waals surface area (Å²) in [6, 6.07) is 7.53. The number of nitrogens with zero attached hydrogens (tertiary/aromatic N) is 2. The SMILES string of the molecule is Cc1cc(Cl)ccc1NC(=O)c1cc([N+](=O)[O-])cc([N+](=O)[O-])c1. The molecule has 2 aromatic rings. The number of amides is 1. The number of nitrogens with one attached hydrogen (secondary N) is 1. The molecule has 0 aromatic heterocycles. The van der Waals surface area contributed by atoms with Gasteiger partial charge in [-0.05, 0) is 30.7 Å². The lowest BCUT2D eigenvalue weighted by Crippen LogP contribution is -2.13. The Hall–Kier alpha value is -3.00. The van der Waals surface area contributed by atoms with E-state index in [2.05, 4.69) is 5.32 Å². The lowest BCUT2D eigenvalue weighted by atomic mass is 10.1. The molecule has 118 valence electrons. The second-order valence-corrected chi connectivity index (χ2v) is 5.10. The molecule has 0 bridgehead atoms. The predicted octanol–water partition coefficient (Wildman–Crippen LogP) is 3.72. The number of carbonyl (C=O) groups excluding carboxylic acids is 1. The number of aryl methyl sites for hydroxylation is 1. The standard InChI is InChI=1S/C14H10ClN3O5/c1-8-4-10(15)2-3-13(8)16-14(19)9-5-11(17(20)21)7-12(6-9)18(22)23/h2-7H,1H3,(H,16,19). The van der Waals surface area contributed by atoms with Crippen molar-refractivity contribution in [2.45, 2.75) is 6.92 Å². The van der Waals surface area contributed by atoms with Crippen molar-refractivity contribution in [1.29, 1.82) is 0 Å². The van der Waals surface area contributed by atoms with Crippen molar-refractivity contribution in [2.75, 3.05) is 5.32 Å². The Balaban J connectivity index is 2.38. The minimum Gasteiger partial charge on any atom is -0.322 e. The van der Waals surface area contributed by atoms with E-state index in [0.29, 0.717) is 16.3 Å². The Labute approximate surface area is 135 Å². The lowest BCUT2D eigenvalue weighted by Gasteiger charge is -2.08. The van der Waals surface area contributed by atoms with Crippen molar-refractivity contribution in [2.24, 2.45) is 0 Å². The summed E-state index contributed by atoms with van der Waals surface area (Å²) in [5, 5.41) is 24.7. The summed E-state index contributed by atoms with van der Waals surface area (Å²) in [6.07, 6.45) is 0. The quantitative estimate of drug-likeness (QED) is 0.675. The molecule has 0 aliphatic heterocycles. The molecule has 0 saturated heterocycles. The summed E-state index contributed by atoms with van der Waals surface area (Å²) in [4.78, 5) is 32.3. The van der Waals surface area contributed by atoms with Gasteiger partial charge in [0.05, 0.1) is 21.5 Å². The van der Waals surface area contributed by atoms with Gasteiger partial charge in [0.2, 0.25) is 0 Å². The maximum Gasteiger partial charge on any atom is 0.277 e. The van der Waals surface area contributed by atoms with Gasteiger partial charge in [-0.2, -0.15) is 0 Å². The Morgan fingerprint density at radius 2 is 1.61 bits per heavy atom. The monoisotopic (exact) mass is 335 g/mol. The molecule has 9 heteroatoms. The van der Waals surface area contributed by atoms with Gasteiger partial charge in [-0.3, -0.25) is 25.0 Å². The first-order valence-corrected chi connectivity index (χ1v) is 6.67. The van der Waals surface area contributed by atoms with Crippen LogP contribution in [0.4, 0.5) is 17.1 Å². The number of rotatable bonds is 4. The smallest absolute Gasteiger partial charge is 0.277 e. The number of non-ortho nitro benzene ring substituents is 2. The van der Waals surface area contributed by atoms with E-state index < -0.39 is 27.1 Å². The molecule has 8 nitrogen and oxygen atoms in total. The van der Waals surface area contributed by atoms with Crippen molar-refractivity contribution in [3.05, 3.63) is 72.8 Å². The Morgan fingerprint density at radius 3 is 2.09 bits per heavy atom. The van der Waals surface area contributed by atoms with Crippen LogP contribution in [0.2, 0.25) is 5.02 Å². The van der Waals surface area contributed by atoms with Crippen molar-refractivity contribution in [1.82, 2.24) is 0 Å². The van der Waals surface area contributed by atoms with Crippen LogP contribution in [-0.4, -0.2) is 15.8 Å². The molecule has 0 saturated carbocycles. The maximum atomic E-state index is 12.2. The van der Waals surface area contributed by atoms with Crippen molar-refractivity contribution >= 4 is 34.6 Å². The minimum atomic E-state index is -0.794. The average Bonchev–Trinajstić information content (AvgIpc) is 2.49. The molecule has 0 heterocycles. The van der Waals surface area contributed by atoms with E-state index in [1.165, 1.54) is 0 Å². The molecular weight excluding hydrogens is 326 g/mol. The van der Waals surface area contributed by atoms with E-state index in [1.54, 1.807) is 25.1 Å². The van der Waals surface area contributed by atoms with Gasteiger partial charge >= 0.3 is 0 Å². The van der Waals surface area contributed by atoms with E-state index in [4.69, 9.17) is 11.6 Å². The summed E-state index contributed by atoms with van der Waals surface area (Å²) >= 11 is 5.82. The van der Waals surface area contributed by atoms with E-state index in [-0.39, 0.29) is 5.56 Å². The topological polar surface area (TPSA) is 115 Å². The third-order valence-electron chi connectivity index (χ3n) is 3.02. The minimum absolute atomic E-state index is 0.180. The van der Waals surface area contributed by atoms with Crippen LogP contribution in [0.1, 0.15) is 15.9 Å². The number of nitro groups is 2. The highest BCUT2D eigenvalue weighted by atomic mass is 35.5. The van der Waals surface area contributed by atoms with Crippen LogP contribution < -0.4 is 5.32 Å². The normalized spacial score (nSPS) is 10.2. The molecule has 0 unspecified atom stereocenters. The van der Waals surface area contributed by atoms with Gasteiger partial charge in [-0.15, -0.1) is 0 Å². The zero-order valence-electron chi connectivity index (χ0n) is 11.8. The molecule has 23 heavy (non-hydrogen) atoms. The van der Waals surface area contributed by atoms with E-state index in [0.717, 1.165) is 18.2 Å². The number of hydrogen-bond donors (Lipinski definition) is 1. The van der Waals surface area contributed by atoms with Crippen LogP contribution in [0.15, 0.2) is 36.4 Å². The van der Waals surface area contributed by atoms with Crippen molar-refractivity contribution < 1.29 is 14.6 Å². The third-order valence-corrected chi connectivity index (χ3v) is 3.26. The van der Waals surface area contributed by atoms with Gasteiger partial charge in [0.1, 0.15) is 0 Å². The number of hydrogen-bond acceptors (Lipinski definition) is 5. The number of anilines is 1. The maximum absolute atomic E-state index is 12.2. The van der Waals surface area contributed by atoms with Gasteiger partial charge in [0, 0.05) is 22.8 Å². The second-order valence-electron chi connectivity index (χ2n) is 4.67. The Bertz CT molecular complexity index is 790. The average molecular weight is 336 g/mol. The van der Waals surface area contributed by atoms with Crippen molar-refractivity contribution in [3.8, 4) is 0 Å². The summed E-state index contributed by atoms with van der Waals surface area (Å²) in [5.74, 6) is -0.692. The summed E-state index contributed by atoms with van der Waals surface area (Å²) in [5.41, 5.74) is -0.103. The van der Waals surface area contributed by atoms with Gasteiger partial charge in [-0.1, -0.05) is 11.6 Å². The first-order valence-electron chi connectivity index (χ1n) is 6.29. The number of nitro benzene ring substituents is 2. The van der Waals surface area contributed by atoms with E-state index in [1.807, 2.05) is 0 Å². The largest absolute Gasteiger partial charge is 0.322 e. The highest BCUT2D eigenvalue weighted by Gasteiger charge is 2.20. The van der Waals surface area contributed by atoms with Crippen LogP contribution in [0.25, 0.3) is 0 Å². The molecule has 2 rings (SSSR count). The van der Waals surface area contributed by atoms with Gasteiger partial charge in [0.25, 0.3) is 17.3 Å². The zero-order valence-corrected chi connectivity index (χ0v) is 12.5. The molecule has 0 fully saturated rings. The summed E-state index contributed by atoms with van der Waals surface area (Å²) in [6.45, 7) is 1.72. The fourth-order valence-electron chi connectivity index (χ4n) is 1.90. The highest BCUT2D eigenvalue weighted by Crippen LogP contribution is 2.25. The predicted molar refractivity (Wildman–Crippen MR) is 83.9 cm³/mol. The molecule has 0 spiro atoms. The van der Waals surface area contributed by atoms with Gasteiger partial charge < -0.3 is 5.32 Å². The molecule has 2 aromatic carbocycles. The Morgan fingerprint density at radius 1 is 1.04 bits per heavy atom. The zero-order chi connectivity index (χ0) is 17.1. The van der Waals surface area contributed by atoms with Crippen LogP contribution in [-0.2, 0) is 0 Å². The second kappa shape index (κ2) is 6.41. The number of carbonyl (C=O) groups is 1. The van der Waals surface area contributed by atoms with Crippen molar-refractivity contribution in [3.63, 3.8) is 0 Å². The summed E-state index contributed by atoms with van der Waals surface area (Å²) < 4.78 is 0. The third kappa shape index (κ3) is 3.80. The number of halogens is 1. The molecular formula is C14H10ClN3O5. The van der Waals surface area contributed by atoms with Crippen LogP contribution in [0.3, 0.4) is 0 Å². The molecule has 0 atom stereocenters. The van der Waals surface area contributed by atoms with E-state index in [9.17, 15) is 25.0 Å². The molecule has 0 aliphatic carbocycles. The first-order chi connectivity index (χ1) is 10.8. The van der Waals surface area contributed by atoms with Gasteiger partial charge in [-0.25, -0.2) is 0 Å². The fourth-order valence-corrected chi connectivity index (χ4v) is 2.13. The van der Waals surface area contributed by atoms with E-state index >= 15 is 0 Å². The van der Waals surface area contributed by atoms with Gasteiger partial charge in [0.15, 0.2) is 0 Å². The lowest BCUT2D eigenvalue weighted by molar-refractivity contribution is -0.394. The first kappa shape index (κ1) is 16.4. The van der Waals surface area contributed by atoms with Crippen LogP contribution in [0.5, 0.6) is 0 Å². The molecule has 0 radical (unpaired) electrons. The summed E-state index contributed by atoms with van der Waals surface area (Å²) in [7, 11) is 0. The van der Waals surface area contributed by atoms with Crippen LogP contribution >= 0.6 is 11.6 Å². The molecule has 1 N–H and O–H groups in total. The fraction of sp³-hybridized carbons (Fsp3) is 0.0714. The Kier molecular flexibility index (Phi) is 4.56. The van der Waals surface area contributed by atoms with Crippen LogP contribution in [0, 0.1) is 27.2 Å². The number of benzene rings is 2. The molecule has 1 amide bonds. The highest BCUT2D eigenvalue weighted by molar-refractivity contribution is 6.30. The molecule has 0 aliphatic rings.